The van der Waals surface area contributed by atoms with E-state index in [0.717, 1.165) is 15.4 Å². The first-order valence-corrected chi connectivity index (χ1v) is 7.12. The molecule has 1 aromatic heterocycles. The molecular formula is C15H14N2O3S. The summed E-state index contributed by atoms with van der Waals surface area (Å²) in [5, 5.41) is 20.5. The number of nitrogens with zero attached hydrogens (tertiary/aromatic N) is 1. The van der Waals surface area contributed by atoms with E-state index in [1.807, 2.05) is 36.4 Å². The number of nitriles is 1. The first kappa shape index (κ1) is 14.9. The predicted molar refractivity (Wildman–Crippen MR) is 80.5 cm³/mol. The zero-order valence-electron chi connectivity index (χ0n) is 11.2. The molecule has 0 aliphatic carbocycles. The van der Waals surface area contributed by atoms with Crippen LogP contribution in [-0.4, -0.2) is 17.7 Å². The van der Waals surface area contributed by atoms with Crippen LogP contribution in [0.3, 0.4) is 0 Å². The van der Waals surface area contributed by atoms with Crippen molar-refractivity contribution in [3.05, 3.63) is 46.2 Å². The molecule has 0 aliphatic rings. The smallest absolute Gasteiger partial charge is 0.308 e. The monoisotopic (exact) mass is 302 g/mol. The molecule has 2 rings (SSSR count). The molecule has 0 amide bonds. The zero-order chi connectivity index (χ0) is 15.1. The van der Waals surface area contributed by atoms with Crippen LogP contribution in [0.25, 0.3) is 0 Å². The lowest BCUT2D eigenvalue weighted by Gasteiger charge is -2.07. The molecule has 21 heavy (non-hydrogen) atoms. The number of ether oxygens (including phenoxy) is 1. The van der Waals surface area contributed by atoms with Gasteiger partial charge in [0.25, 0.3) is 0 Å². The Morgan fingerprint density at radius 3 is 2.90 bits per heavy atom. The number of carbonyl (C=O) groups is 1. The van der Waals surface area contributed by atoms with Gasteiger partial charge in [0.1, 0.15) is 11.8 Å². The second kappa shape index (κ2) is 7.31. The molecule has 0 saturated carbocycles. The van der Waals surface area contributed by atoms with Crippen molar-refractivity contribution in [2.45, 2.75) is 13.0 Å². The fourth-order valence-corrected chi connectivity index (χ4v) is 2.71. The van der Waals surface area contributed by atoms with Gasteiger partial charge in [-0.05, 0) is 24.3 Å². The summed E-state index contributed by atoms with van der Waals surface area (Å²) in [6.45, 7) is 0.638. The summed E-state index contributed by atoms with van der Waals surface area (Å²) >= 11 is 1.48. The number of hydrogen-bond donors (Lipinski definition) is 2. The first-order valence-electron chi connectivity index (χ1n) is 6.30. The Balaban J connectivity index is 1.92. The van der Waals surface area contributed by atoms with E-state index in [0.29, 0.717) is 12.3 Å². The van der Waals surface area contributed by atoms with Crippen LogP contribution in [0.4, 0.5) is 5.69 Å². The molecule has 0 bridgehead atoms. The van der Waals surface area contributed by atoms with E-state index in [4.69, 9.17) is 15.1 Å². The Hall–Kier alpha value is -2.52. The molecule has 0 spiro atoms. The molecule has 108 valence electrons. The highest BCUT2D eigenvalue weighted by Crippen LogP contribution is 2.21. The third-order valence-electron chi connectivity index (χ3n) is 2.65. The summed E-state index contributed by atoms with van der Waals surface area (Å²) in [4.78, 5) is 12.5. The molecule has 0 aliphatic heterocycles. The molecule has 1 heterocycles. The SMILES string of the molecule is N#CCOc1cccc(NCc2ccc(CC(=O)O)s2)c1. The van der Waals surface area contributed by atoms with Crippen LogP contribution >= 0.6 is 11.3 Å². The van der Waals surface area contributed by atoms with Gasteiger partial charge in [-0.15, -0.1) is 11.3 Å². The molecule has 0 atom stereocenters. The van der Waals surface area contributed by atoms with Gasteiger partial charge in [-0.25, -0.2) is 0 Å². The van der Waals surface area contributed by atoms with Crippen molar-refractivity contribution < 1.29 is 14.6 Å². The highest BCUT2D eigenvalue weighted by atomic mass is 32.1. The summed E-state index contributed by atoms with van der Waals surface area (Å²) in [5.41, 5.74) is 0.888. The fraction of sp³-hybridized carbons (Fsp3) is 0.200. The number of thiophene rings is 1. The van der Waals surface area contributed by atoms with Gasteiger partial charge < -0.3 is 15.2 Å². The summed E-state index contributed by atoms with van der Waals surface area (Å²) in [5.74, 6) is -0.182. The minimum atomic E-state index is -0.821. The Labute approximate surface area is 126 Å². The molecule has 6 heteroatoms. The van der Waals surface area contributed by atoms with Crippen LogP contribution in [0.15, 0.2) is 36.4 Å². The second-order valence-electron chi connectivity index (χ2n) is 4.27. The van der Waals surface area contributed by atoms with Gasteiger partial charge in [0.15, 0.2) is 6.61 Å². The summed E-state index contributed by atoms with van der Waals surface area (Å²) in [6, 6.07) is 13.0. The third-order valence-corrected chi connectivity index (χ3v) is 3.73. The van der Waals surface area contributed by atoms with Crippen molar-refractivity contribution in [1.29, 1.82) is 5.26 Å². The Morgan fingerprint density at radius 2 is 2.14 bits per heavy atom. The minimum Gasteiger partial charge on any atom is -0.481 e. The standard InChI is InChI=1S/C15H14N2O3S/c16-6-7-20-12-3-1-2-11(8-12)17-10-14-5-4-13(21-14)9-15(18)19/h1-5,8,17H,7,9-10H2,(H,18,19). The van der Waals surface area contributed by atoms with Gasteiger partial charge in [0.2, 0.25) is 0 Å². The topological polar surface area (TPSA) is 82.3 Å². The van der Waals surface area contributed by atoms with E-state index in [-0.39, 0.29) is 13.0 Å². The largest absolute Gasteiger partial charge is 0.481 e. The number of benzene rings is 1. The van der Waals surface area contributed by atoms with Gasteiger partial charge in [-0.2, -0.15) is 5.26 Å². The van der Waals surface area contributed by atoms with Gasteiger partial charge in [-0.3, -0.25) is 4.79 Å². The molecule has 0 saturated heterocycles. The molecule has 0 radical (unpaired) electrons. The summed E-state index contributed by atoms with van der Waals surface area (Å²) in [6.07, 6.45) is 0.0577. The van der Waals surface area contributed by atoms with Crippen molar-refractivity contribution in [3.63, 3.8) is 0 Å². The quantitative estimate of drug-likeness (QED) is 0.821. The van der Waals surface area contributed by atoms with Gasteiger partial charge in [0.05, 0.1) is 6.42 Å². The van der Waals surface area contributed by atoms with Crippen molar-refractivity contribution in [1.82, 2.24) is 0 Å². The number of nitrogens with one attached hydrogen (secondary N) is 1. The van der Waals surface area contributed by atoms with Crippen LogP contribution in [0.5, 0.6) is 5.75 Å². The van der Waals surface area contributed by atoms with E-state index in [1.54, 1.807) is 6.07 Å². The van der Waals surface area contributed by atoms with E-state index < -0.39 is 5.97 Å². The lowest BCUT2D eigenvalue weighted by Crippen LogP contribution is -1.99. The maximum Gasteiger partial charge on any atom is 0.308 e. The minimum absolute atomic E-state index is 0.0208. The Kier molecular flexibility index (Phi) is 5.18. The summed E-state index contributed by atoms with van der Waals surface area (Å²) in [7, 11) is 0. The number of hydrogen-bond acceptors (Lipinski definition) is 5. The fourth-order valence-electron chi connectivity index (χ4n) is 1.76. The van der Waals surface area contributed by atoms with Crippen LogP contribution in [0.2, 0.25) is 0 Å². The average Bonchev–Trinajstić information content (AvgIpc) is 2.90. The highest BCUT2D eigenvalue weighted by molar-refractivity contribution is 7.12. The molecule has 5 nitrogen and oxygen atoms in total. The van der Waals surface area contributed by atoms with E-state index in [9.17, 15) is 4.79 Å². The summed E-state index contributed by atoms with van der Waals surface area (Å²) < 4.78 is 5.23. The van der Waals surface area contributed by atoms with Crippen LogP contribution in [0, 0.1) is 11.3 Å². The lowest BCUT2D eigenvalue weighted by atomic mass is 10.3. The van der Waals surface area contributed by atoms with E-state index in [1.165, 1.54) is 11.3 Å². The third kappa shape index (κ3) is 4.82. The van der Waals surface area contributed by atoms with E-state index >= 15 is 0 Å². The molecule has 2 N–H and O–H groups in total. The average molecular weight is 302 g/mol. The second-order valence-corrected chi connectivity index (χ2v) is 5.52. The number of aliphatic carboxylic acids is 1. The van der Waals surface area contributed by atoms with Crippen LogP contribution in [-0.2, 0) is 17.8 Å². The van der Waals surface area contributed by atoms with Crippen LogP contribution < -0.4 is 10.1 Å². The van der Waals surface area contributed by atoms with Gasteiger partial charge in [-0.1, -0.05) is 6.07 Å². The zero-order valence-corrected chi connectivity index (χ0v) is 12.0. The van der Waals surface area contributed by atoms with Crippen molar-refractivity contribution in [2.24, 2.45) is 0 Å². The molecule has 0 unspecified atom stereocenters. The Bertz CT molecular complexity index is 661. The molecule has 1 aromatic carbocycles. The molecular weight excluding hydrogens is 288 g/mol. The maximum absolute atomic E-state index is 10.6. The normalized spacial score (nSPS) is 9.86. The lowest BCUT2D eigenvalue weighted by molar-refractivity contribution is -0.136. The Morgan fingerprint density at radius 1 is 1.33 bits per heavy atom. The van der Waals surface area contributed by atoms with Crippen molar-refractivity contribution in [2.75, 3.05) is 11.9 Å². The highest BCUT2D eigenvalue weighted by Gasteiger charge is 2.05. The predicted octanol–water partition coefficient (Wildman–Crippen LogP) is 2.89. The number of anilines is 1. The molecule has 2 aromatic rings. The number of carboxylic acid groups (broad SMARTS) is 1. The van der Waals surface area contributed by atoms with Crippen LogP contribution in [0.1, 0.15) is 9.75 Å². The first-order chi connectivity index (χ1) is 10.2. The van der Waals surface area contributed by atoms with Crippen molar-refractivity contribution in [3.8, 4) is 11.8 Å². The number of carboxylic acids is 1. The van der Waals surface area contributed by atoms with Gasteiger partial charge >= 0.3 is 5.97 Å². The molecule has 0 fully saturated rings. The van der Waals surface area contributed by atoms with Gasteiger partial charge in [0, 0.05) is 28.1 Å². The van der Waals surface area contributed by atoms with E-state index in [2.05, 4.69) is 5.32 Å². The van der Waals surface area contributed by atoms with Crippen molar-refractivity contribution >= 4 is 23.0 Å². The maximum atomic E-state index is 10.6. The number of rotatable bonds is 7.